The van der Waals surface area contributed by atoms with Crippen molar-refractivity contribution in [3.05, 3.63) is 0 Å². The molecule has 0 N–H and O–H groups in total. The molecule has 0 bridgehead atoms. The molecule has 0 aliphatic heterocycles. The van der Waals surface area contributed by atoms with Crippen molar-refractivity contribution >= 4 is 63.5 Å². The van der Waals surface area contributed by atoms with Crippen LogP contribution in [0.25, 0.3) is 0 Å². The van der Waals surface area contributed by atoms with E-state index in [-0.39, 0.29) is 29.6 Å². The van der Waals surface area contributed by atoms with Crippen molar-refractivity contribution in [1.82, 2.24) is 0 Å². The number of hydrogen-bond donors (Lipinski definition) is 1. The third-order valence-electron chi connectivity index (χ3n) is 0.0563. The zero-order chi connectivity index (χ0) is 4.28. The zero-order valence-electron chi connectivity index (χ0n) is 2.05. The summed E-state index contributed by atoms with van der Waals surface area (Å²) in [5.41, 5.74) is 0. The number of halogens is 1. The Balaban J connectivity index is 0. The van der Waals surface area contributed by atoms with Crippen LogP contribution in [0.4, 0.5) is 0 Å². The van der Waals surface area contributed by atoms with Crippen LogP contribution in [0.5, 0.6) is 0 Å². The van der Waals surface area contributed by atoms with Gasteiger partial charge in [0.2, 0.25) is 0 Å². The van der Waals surface area contributed by atoms with E-state index in [0.29, 0.717) is 0 Å². The fourth-order valence-electron chi connectivity index (χ4n) is 0. The van der Waals surface area contributed by atoms with Crippen LogP contribution in [-0.2, 0) is 13.5 Å². The maximum absolute atomic E-state index is 9.18. The summed E-state index contributed by atoms with van der Waals surface area (Å²) in [5, 5.41) is 0. The number of hydrogen-bond acceptors (Lipinski definition) is 3. The first-order chi connectivity index (χ1) is 2.27. The van der Waals surface area contributed by atoms with Gasteiger partial charge in [0.05, 0.1) is 0 Å². The van der Waals surface area contributed by atoms with Crippen LogP contribution in [0.3, 0.4) is 0 Å². The molecule has 0 spiro atoms. The van der Waals surface area contributed by atoms with Crippen LogP contribution in [0.15, 0.2) is 0 Å². The van der Waals surface area contributed by atoms with Crippen molar-refractivity contribution in [2.24, 2.45) is 0 Å². The van der Waals surface area contributed by atoms with E-state index in [0.717, 1.165) is 0 Å². The van der Waals surface area contributed by atoms with Crippen LogP contribution >= 0.6 is 23.0 Å². The fraction of sp³-hybridized carbons (Fsp3) is 0. The summed E-state index contributed by atoms with van der Waals surface area (Å²) in [6, 6.07) is 0. The van der Waals surface area contributed by atoms with E-state index >= 15 is 0 Å². The van der Waals surface area contributed by atoms with E-state index in [1.165, 1.54) is 23.0 Å². The summed E-state index contributed by atoms with van der Waals surface area (Å²) in [5.74, 6) is 0. The third-order valence-corrected chi connectivity index (χ3v) is 1.13. The van der Waals surface area contributed by atoms with E-state index in [9.17, 15) is 8.42 Å². The van der Waals surface area contributed by atoms with E-state index in [2.05, 4.69) is 2.51 Å². The molecule has 0 unspecified atom stereocenters. The monoisotopic (exact) mass is 232 g/mol. The second kappa shape index (κ2) is 6.64. The van der Waals surface area contributed by atoms with E-state index in [1.54, 1.807) is 0 Å². The fourth-order valence-corrected chi connectivity index (χ4v) is 0. The molecule has 0 atom stereocenters. The van der Waals surface area contributed by atoms with Gasteiger partial charge in [-0.15, -0.1) is 0 Å². The van der Waals surface area contributed by atoms with Gasteiger partial charge in [0, 0.05) is 0 Å². The third kappa shape index (κ3) is 9.16. The maximum atomic E-state index is 9.18. The van der Waals surface area contributed by atoms with E-state index < -0.39 is 11.0 Å². The Labute approximate surface area is 73.6 Å². The second-order valence-corrected chi connectivity index (χ2v) is 2.06. The predicted octanol–water partition coefficient (Wildman–Crippen LogP) is -0.769. The van der Waals surface area contributed by atoms with Crippen molar-refractivity contribution in [1.29, 1.82) is 0 Å². The van der Waals surface area contributed by atoms with Gasteiger partial charge in [-0.05, 0) is 0 Å². The Kier molecular flexibility index (Phi) is 11.7. The van der Waals surface area contributed by atoms with Gasteiger partial charge in [0.25, 0.3) is 11.0 Å². The Morgan fingerprint density at radius 2 is 1.67 bits per heavy atom. The van der Waals surface area contributed by atoms with Crippen LogP contribution in [-0.4, -0.2) is 38.0 Å². The molecule has 0 saturated carbocycles. The van der Waals surface area contributed by atoms with Gasteiger partial charge >= 0.3 is 29.6 Å². The Bertz CT molecular complexity index is 68.9. The molecule has 34 valence electrons. The Morgan fingerprint density at radius 3 is 1.67 bits per heavy atom. The molecule has 0 fully saturated rings. The van der Waals surface area contributed by atoms with Crippen LogP contribution < -0.4 is 0 Å². The minimum absolute atomic E-state index is 0. The van der Waals surface area contributed by atoms with Gasteiger partial charge in [-0.25, -0.2) is 10.9 Å². The van der Waals surface area contributed by atoms with Crippen LogP contribution in [0.2, 0.25) is 0 Å². The van der Waals surface area contributed by atoms with Gasteiger partial charge in [-0.1, -0.05) is 0 Å². The average molecular weight is 232 g/mol. The minimum atomic E-state index is -2.61. The summed E-state index contributed by atoms with van der Waals surface area (Å²) < 4.78 is 22.0. The van der Waals surface area contributed by atoms with Gasteiger partial charge in [-0.2, -0.15) is 0 Å². The first-order valence-corrected chi connectivity index (χ1v) is 2.68. The zero-order valence-corrected chi connectivity index (χ0v) is 5.10. The SMILES string of the molecule is O=[SH](=O)OI.[NaH]. The molecule has 0 amide bonds. The Morgan fingerprint density at radius 1 is 1.50 bits per heavy atom. The first-order valence-electron chi connectivity index (χ1n) is 0.702. The predicted molar refractivity (Wildman–Crippen MR) is 32.6 cm³/mol. The molecule has 3 nitrogen and oxygen atoms in total. The molecular weight excluding hydrogens is 230 g/mol. The molecule has 0 aliphatic rings. The molecule has 0 aromatic carbocycles. The number of thiol groups is 1. The van der Waals surface area contributed by atoms with Gasteiger partial charge in [0.1, 0.15) is 23.0 Å². The first kappa shape index (κ1) is 10.6. The molecule has 0 radical (unpaired) electrons. The summed E-state index contributed by atoms with van der Waals surface area (Å²) in [6.45, 7) is 0. The molecule has 0 rings (SSSR count). The van der Waals surface area contributed by atoms with E-state index in [1.807, 2.05) is 0 Å². The summed E-state index contributed by atoms with van der Waals surface area (Å²) in [6.07, 6.45) is 0. The molecule has 0 heterocycles. The summed E-state index contributed by atoms with van der Waals surface area (Å²) in [7, 11) is -2.61. The van der Waals surface area contributed by atoms with Gasteiger partial charge < -0.3 is 0 Å². The van der Waals surface area contributed by atoms with Crippen molar-refractivity contribution in [2.45, 2.75) is 0 Å². The molecule has 6 heavy (non-hydrogen) atoms. The Hall–Kier alpha value is 1.64. The van der Waals surface area contributed by atoms with Gasteiger partial charge in [0.15, 0.2) is 0 Å². The van der Waals surface area contributed by atoms with Crippen molar-refractivity contribution in [3.8, 4) is 0 Å². The quantitative estimate of drug-likeness (QED) is 0.367. The van der Waals surface area contributed by atoms with Crippen molar-refractivity contribution in [3.63, 3.8) is 0 Å². The molecule has 0 aromatic heterocycles. The van der Waals surface area contributed by atoms with E-state index in [4.69, 9.17) is 0 Å². The molecule has 6 heteroatoms. The van der Waals surface area contributed by atoms with Gasteiger partial charge in [-0.3, -0.25) is 0 Å². The second-order valence-electron chi connectivity index (χ2n) is 0.293. The molecule has 0 aliphatic carbocycles. The summed E-state index contributed by atoms with van der Waals surface area (Å²) in [4.78, 5) is 0. The standard InChI is InChI=1S/HIO3S.Na.H/c1-4-5(2)3;;/h5H;;. The topological polar surface area (TPSA) is 43.4 Å². The summed E-state index contributed by atoms with van der Waals surface area (Å²) >= 11 is 1.28. The molecular formula is H2INaO3S. The number of rotatable bonds is 1. The van der Waals surface area contributed by atoms with Crippen molar-refractivity contribution in [2.75, 3.05) is 0 Å². The molecule has 0 saturated heterocycles. The van der Waals surface area contributed by atoms with Crippen molar-refractivity contribution < 1.29 is 10.9 Å². The van der Waals surface area contributed by atoms with Crippen LogP contribution in [0.1, 0.15) is 0 Å². The normalized spacial score (nSPS) is 7.67. The molecule has 0 aromatic rings. The average Bonchev–Trinajstić information content (AvgIpc) is 1.38. The van der Waals surface area contributed by atoms with Crippen LogP contribution in [0, 0.1) is 0 Å².